The Hall–Kier alpha value is -1.93. The number of aliphatic hydroxyl groups excluding tert-OH is 1. The van der Waals surface area contributed by atoms with Gasteiger partial charge in [-0.05, 0) is 19.8 Å². The normalized spacial score (nSPS) is 20.8. The molecule has 2 aliphatic rings. The second kappa shape index (κ2) is 7.31. The summed E-state index contributed by atoms with van der Waals surface area (Å²) in [6.45, 7) is 5.05. The Morgan fingerprint density at radius 2 is 2.21 bits per heavy atom. The molecule has 1 amide bonds. The topological polar surface area (TPSA) is 99.0 Å². The monoisotopic (exact) mass is 336 g/mol. The maximum Gasteiger partial charge on any atom is 0.407 e. The highest BCUT2D eigenvalue weighted by Gasteiger charge is 2.29. The average Bonchev–Trinajstić information content (AvgIpc) is 2.59. The van der Waals surface area contributed by atoms with E-state index >= 15 is 0 Å². The van der Waals surface area contributed by atoms with Crippen LogP contribution in [0.5, 0.6) is 0 Å². The van der Waals surface area contributed by atoms with Gasteiger partial charge < -0.3 is 24.7 Å². The molecule has 0 bridgehead atoms. The molecule has 0 saturated carbocycles. The molecule has 2 N–H and O–H groups in total. The van der Waals surface area contributed by atoms with Crippen molar-refractivity contribution in [1.29, 1.82) is 0 Å². The number of hydrogen-bond acceptors (Lipinski definition) is 6. The number of ether oxygens (including phenoxy) is 1. The van der Waals surface area contributed by atoms with Gasteiger partial charge in [-0.3, -0.25) is 0 Å². The van der Waals surface area contributed by atoms with E-state index in [1.807, 2.05) is 0 Å². The molecule has 8 heteroatoms. The minimum atomic E-state index is -0.919. The Morgan fingerprint density at radius 1 is 1.38 bits per heavy atom. The molecule has 2 aliphatic heterocycles. The van der Waals surface area contributed by atoms with E-state index < -0.39 is 6.09 Å². The molecular weight excluding hydrogens is 312 g/mol. The van der Waals surface area contributed by atoms with Crippen LogP contribution < -0.4 is 4.90 Å². The van der Waals surface area contributed by atoms with Gasteiger partial charge in [0.05, 0.1) is 31.5 Å². The van der Waals surface area contributed by atoms with Gasteiger partial charge in [0.2, 0.25) is 0 Å². The minimum absolute atomic E-state index is 0.0883. The third-order valence-electron chi connectivity index (χ3n) is 4.56. The fraction of sp³-hybridized carbons (Fsp3) is 0.688. The summed E-state index contributed by atoms with van der Waals surface area (Å²) in [6.07, 6.45) is 0.890. The van der Waals surface area contributed by atoms with E-state index in [1.165, 1.54) is 4.90 Å². The molecule has 0 spiro atoms. The van der Waals surface area contributed by atoms with E-state index in [1.54, 1.807) is 0 Å². The van der Waals surface area contributed by atoms with Crippen molar-refractivity contribution in [3.8, 4) is 0 Å². The molecule has 3 heterocycles. The first-order valence-corrected chi connectivity index (χ1v) is 8.42. The number of aromatic nitrogens is 2. The van der Waals surface area contributed by atoms with Crippen molar-refractivity contribution in [1.82, 2.24) is 14.9 Å². The lowest BCUT2D eigenvalue weighted by molar-refractivity contribution is 0.0982. The van der Waals surface area contributed by atoms with Gasteiger partial charge in [0, 0.05) is 31.7 Å². The number of hydrogen-bond donors (Lipinski definition) is 2. The van der Waals surface area contributed by atoms with Crippen LogP contribution in [0.1, 0.15) is 30.4 Å². The number of aryl methyl sites for hydroxylation is 1. The van der Waals surface area contributed by atoms with Gasteiger partial charge in [-0.1, -0.05) is 0 Å². The predicted octanol–water partition coefficient (Wildman–Crippen LogP) is 0.663. The van der Waals surface area contributed by atoms with E-state index in [0.29, 0.717) is 51.4 Å². The zero-order chi connectivity index (χ0) is 17.1. The number of anilines is 1. The second-order valence-electron chi connectivity index (χ2n) is 6.29. The standard InChI is InChI=1S/C16H24N4O4/c1-11-10-24-8-6-20(11)15-12-4-5-19(16(22)23)9-13(12)17-14(18-15)3-2-7-21/h11,21H,2-10H2,1H3,(H,22,23). The Labute approximate surface area is 141 Å². The Bertz CT molecular complexity index is 610. The SMILES string of the molecule is CC1COCCN1c1nc(CCCO)nc2c1CCN(C(=O)O)C2. The Balaban J connectivity index is 1.97. The summed E-state index contributed by atoms with van der Waals surface area (Å²) in [6, 6.07) is 0.223. The van der Waals surface area contributed by atoms with Crippen molar-refractivity contribution >= 4 is 11.9 Å². The van der Waals surface area contributed by atoms with Crippen molar-refractivity contribution < 1.29 is 19.7 Å². The molecule has 24 heavy (non-hydrogen) atoms. The summed E-state index contributed by atoms with van der Waals surface area (Å²) in [7, 11) is 0. The van der Waals surface area contributed by atoms with E-state index in [4.69, 9.17) is 14.8 Å². The average molecular weight is 336 g/mol. The van der Waals surface area contributed by atoms with Gasteiger partial charge in [0.25, 0.3) is 0 Å². The second-order valence-corrected chi connectivity index (χ2v) is 6.29. The van der Waals surface area contributed by atoms with Gasteiger partial charge >= 0.3 is 6.09 Å². The van der Waals surface area contributed by atoms with Crippen LogP contribution in [0, 0.1) is 0 Å². The van der Waals surface area contributed by atoms with Crippen molar-refractivity contribution in [2.45, 2.75) is 38.8 Å². The zero-order valence-electron chi connectivity index (χ0n) is 13.9. The molecule has 1 aromatic rings. The minimum Gasteiger partial charge on any atom is -0.465 e. The summed E-state index contributed by atoms with van der Waals surface area (Å²) < 4.78 is 5.52. The number of rotatable bonds is 4. The highest BCUT2D eigenvalue weighted by atomic mass is 16.5. The van der Waals surface area contributed by atoms with Crippen molar-refractivity contribution in [2.24, 2.45) is 0 Å². The lowest BCUT2D eigenvalue weighted by Crippen LogP contribution is -2.46. The van der Waals surface area contributed by atoms with Crippen LogP contribution in [0.4, 0.5) is 10.6 Å². The van der Waals surface area contributed by atoms with Crippen LogP contribution in [0.2, 0.25) is 0 Å². The summed E-state index contributed by atoms with van der Waals surface area (Å²) >= 11 is 0. The van der Waals surface area contributed by atoms with Crippen molar-refractivity contribution in [3.63, 3.8) is 0 Å². The molecule has 1 unspecified atom stereocenters. The number of morpholine rings is 1. The molecular formula is C16H24N4O4. The van der Waals surface area contributed by atoms with Crippen LogP contribution in [0.15, 0.2) is 0 Å². The van der Waals surface area contributed by atoms with Crippen molar-refractivity contribution in [3.05, 3.63) is 17.1 Å². The number of nitrogens with zero attached hydrogens (tertiary/aromatic N) is 4. The van der Waals surface area contributed by atoms with E-state index in [0.717, 1.165) is 23.6 Å². The van der Waals surface area contributed by atoms with Gasteiger partial charge in [-0.2, -0.15) is 0 Å². The van der Waals surface area contributed by atoms with Crippen molar-refractivity contribution in [2.75, 3.05) is 37.8 Å². The number of fused-ring (bicyclic) bond motifs is 1. The molecule has 0 aliphatic carbocycles. The van der Waals surface area contributed by atoms with Crippen LogP contribution in [-0.2, 0) is 24.1 Å². The quantitative estimate of drug-likeness (QED) is 0.833. The summed E-state index contributed by atoms with van der Waals surface area (Å²) in [5.41, 5.74) is 1.84. The fourth-order valence-corrected chi connectivity index (χ4v) is 3.25. The van der Waals surface area contributed by atoms with Crippen LogP contribution >= 0.6 is 0 Å². The third-order valence-corrected chi connectivity index (χ3v) is 4.56. The van der Waals surface area contributed by atoms with Crippen LogP contribution in [0.25, 0.3) is 0 Å². The molecule has 1 aromatic heterocycles. The maximum atomic E-state index is 11.3. The molecule has 0 aromatic carbocycles. The maximum absolute atomic E-state index is 11.3. The smallest absolute Gasteiger partial charge is 0.407 e. The molecule has 132 valence electrons. The zero-order valence-corrected chi connectivity index (χ0v) is 13.9. The van der Waals surface area contributed by atoms with E-state index in [-0.39, 0.29) is 12.6 Å². The van der Waals surface area contributed by atoms with Crippen LogP contribution in [-0.4, -0.2) is 70.1 Å². The Morgan fingerprint density at radius 3 is 2.92 bits per heavy atom. The van der Waals surface area contributed by atoms with Crippen LogP contribution in [0.3, 0.4) is 0 Å². The lowest BCUT2D eigenvalue weighted by atomic mass is 10.0. The molecule has 3 rings (SSSR count). The van der Waals surface area contributed by atoms with Gasteiger partial charge in [-0.15, -0.1) is 0 Å². The first-order chi connectivity index (χ1) is 11.6. The summed E-state index contributed by atoms with van der Waals surface area (Å²) in [4.78, 5) is 24.2. The number of aliphatic hydroxyl groups is 1. The molecule has 8 nitrogen and oxygen atoms in total. The van der Waals surface area contributed by atoms with E-state index in [2.05, 4.69) is 16.8 Å². The molecule has 1 atom stereocenters. The molecule has 0 radical (unpaired) electrons. The van der Waals surface area contributed by atoms with Gasteiger partial charge in [0.15, 0.2) is 0 Å². The highest BCUT2D eigenvalue weighted by molar-refractivity contribution is 5.66. The number of carbonyl (C=O) groups is 1. The summed E-state index contributed by atoms with van der Waals surface area (Å²) in [5.74, 6) is 1.58. The first-order valence-electron chi connectivity index (χ1n) is 8.42. The first kappa shape index (κ1) is 16.9. The number of amides is 1. The number of carboxylic acid groups (broad SMARTS) is 1. The fourth-order valence-electron chi connectivity index (χ4n) is 3.25. The van der Waals surface area contributed by atoms with Gasteiger partial charge in [-0.25, -0.2) is 14.8 Å². The molecule has 1 fully saturated rings. The largest absolute Gasteiger partial charge is 0.465 e. The highest BCUT2D eigenvalue weighted by Crippen LogP contribution is 2.29. The summed E-state index contributed by atoms with van der Waals surface area (Å²) in [5, 5.41) is 18.3. The molecule has 1 saturated heterocycles. The lowest BCUT2D eigenvalue weighted by Gasteiger charge is -2.37. The Kier molecular flexibility index (Phi) is 5.15. The van der Waals surface area contributed by atoms with Gasteiger partial charge in [0.1, 0.15) is 11.6 Å². The van der Waals surface area contributed by atoms with E-state index in [9.17, 15) is 9.90 Å². The third kappa shape index (κ3) is 3.44. The predicted molar refractivity (Wildman–Crippen MR) is 87.2 cm³/mol.